The summed E-state index contributed by atoms with van der Waals surface area (Å²) in [6, 6.07) is 0. The van der Waals surface area contributed by atoms with E-state index >= 15 is 0 Å². The minimum absolute atomic E-state index is 0.0475. The summed E-state index contributed by atoms with van der Waals surface area (Å²) in [4.78, 5) is 0. The van der Waals surface area contributed by atoms with Crippen LogP contribution >= 0.6 is 0 Å². The fourth-order valence-electron chi connectivity index (χ4n) is 12.7. The minimum Gasteiger partial charge on any atom is -0.396 e. The van der Waals surface area contributed by atoms with Crippen LogP contribution < -0.4 is 0 Å². The molecule has 0 bridgehead atoms. The Balaban J connectivity index is 0.000000198. The average Bonchev–Trinajstić information content (AvgIpc) is 3.85. The van der Waals surface area contributed by atoms with Gasteiger partial charge in [-0.3, -0.25) is 0 Å². The van der Waals surface area contributed by atoms with Crippen LogP contribution in [0.5, 0.6) is 0 Å². The van der Waals surface area contributed by atoms with E-state index in [2.05, 4.69) is 48.5 Å². The van der Waals surface area contributed by atoms with Crippen molar-refractivity contribution >= 4 is 0 Å². The Morgan fingerprint density at radius 1 is 0.436 bits per heavy atom. The fourth-order valence-corrected chi connectivity index (χ4v) is 12.7. The van der Waals surface area contributed by atoms with Gasteiger partial charge in [-0.25, -0.2) is 0 Å². The summed E-state index contributed by atoms with van der Waals surface area (Å²) in [5.74, 6) is 2.30. The summed E-state index contributed by atoms with van der Waals surface area (Å²) in [7, 11) is 0. The van der Waals surface area contributed by atoms with Crippen LogP contribution in [0.1, 0.15) is 178 Å². The van der Waals surface area contributed by atoms with Crippen molar-refractivity contribution in [2.75, 3.05) is 6.61 Å². The van der Waals surface area contributed by atoms with Gasteiger partial charge in [0.2, 0.25) is 0 Å². The van der Waals surface area contributed by atoms with E-state index in [9.17, 15) is 40.9 Å². The molecule has 0 aromatic rings. The summed E-state index contributed by atoms with van der Waals surface area (Å²) in [6.07, 6.45) is 14.9. The summed E-state index contributed by atoms with van der Waals surface area (Å²) in [5.41, 5.74) is -0.185. The van der Waals surface area contributed by atoms with E-state index in [4.69, 9.17) is 5.11 Å². The highest BCUT2D eigenvalue weighted by atomic mass is 16.3. The molecule has 0 radical (unpaired) electrons. The van der Waals surface area contributed by atoms with Crippen molar-refractivity contribution in [3.05, 3.63) is 0 Å². The smallest absolute Gasteiger partial charge is 0.0860 e. The molecule has 0 amide bonds. The van der Waals surface area contributed by atoms with Gasteiger partial charge in [-0.05, 0) is 124 Å². The van der Waals surface area contributed by atoms with Gasteiger partial charge in [0.15, 0.2) is 0 Å². The van der Waals surface area contributed by atoms with E-state index in [-0.39, 0.29) is 51.9 Å². The second-order valence-corrected chi connectivity index (χ2v) is 20.3. The monoisotopic (exact) mass is 785 g/mol. The predicted molar refractivity (Wildman–Crippen MR) is 220 cm³/mol. The third kappa shape index (κ3) is 10.5. The molecule has 6 rings (SSSR count). The fraction of sp³-hybridized carbons (Fsp3) is 1.00. The summed E-state index contributed by atoms with van der Waals surface area (Å²) in [6.45, 7) is 18.8. The molecule has 9 heteroatoms. The average molecular weight is 785 g/mol. The third-order valence-electron chi connectivity index (χ3n) is 16.0. The topological polar surface area (TPSA) is 182 Å². The summed E-state index contributed by atoms with van der Waals surface area (Å²) >= 11 is 0. The van der Waals surface area contributed by atoms with Crippen LogP contribution in [0.15, 0.2) is 0 Å². The van der Waals surface area contributed by atoms with Gasteiger partial charge < -0.3 is 46.0 Å². The van der Waals surface area contributed by atoms with Crippen LogP contribution in [0.2, 0.25) is 0 Å². The van der Waals surface area contributed by atoms with E-state index in [0.717, 1.165) is 77.0 Å². The van der Waals surface area contributed by atoms with Gasteiger partial charge >= 0.3 is 0 Å². The molecule has 6 aliphatic rings. The molecular weight excluding hydrogens is 696 g/mol. The van der Waals surface area contributed by atoms with Gasteiger partial charge in [0, 0.05) is 22.9 Å². The molecule has 6 fully saturated rings. The molecule has 0 aromatic heterocycles. The van der Waals surface area contributed by atoms with E-state index in [1.54, 1.807) is 0 Å². The molecule has 0 aromatic carbocycles. The second kappa shape index (κ2) is 20.7. The molecular formula is C46H88O9. The zero-order valence-electron chi connectivity index (χ0n) is 36.5. The first-order chi connectivity index (χ1) is 25.8. The molecule has 326 valence electrons. The van der Waals surface area contributed by atoms with Crippen LogP contribution in [0.4, 0.5) is 0 Å². The van der Waals surface area contributed by atoms with Gasteiger partial charge in [0.05, 0.1) is 48.8 Å². The molecule has 0 saturated heterocycles. The zero-order valence-corrected chi connectivity index (χ0v) is 36.5. The Bertz CT molecular complexity index is 1110. The van der Waals surface area contributed by atoms with Crippen LogP contribution in [0, 0.1) is 57.2 Å². The molecule has 16 atom stereocenters. The van der Waals surface area contributed by atoms with E-state index in [1.165, 1.54) is 32.1 Å². The molecule has 55 heavy (non-hydrogen) atoms. The maximum Gasteiger partial charge on any atom is 0.0860 e. The lowest BCUT2D eigenvalue weighted by Gasteiger charge is -2.45. The van der Waals surface area contributed by atoms with Crippen molar-refractivity contribution in [2.24, 2.45) is 57.2 Å². The molecule has 0 aliphatic heterocycles. The molecule has 6 saturated carbocycles. The Kier molecular flexibility index (Phi) is 18.5. The van der Waals surface area contributed by atoms with E-state index < -0.39 is 48.8 Å². The molecule has 0 spiro atoms. The Hall–Kier alpha value is -0.360. The van der Waals surface area contributed by atoms with Crippen LogP contribution in [0.3, 0.4) is 0 Å². The Morgan fingerprint density at radius 3 is 1.09 bits per heavy atom. The second-order valence-electron chi connectivity index (χ2n) is 20.3. The maximum atomic E-state index is 10.3. The van der Waals surface area contributed by atoms with Gasteiger partial charge in [-0.1, -0.05) is 94.4 Å². The van der Waals surface area contributed by atoms with Gasteiger partial charge in [0.25, 0.3) is 0 Å². The lowest BCUT2D eigenvalue weighted by Crippen LogP contribution is -2.44. The highest BCUT2D eigenvalue weighted by Gasteiger charge is 2.58. The maximum absolute atomic E-state index is 10.3. The van der Waals surface area contributed by atoms with Gasteiger partial charge in [-0.2, -0.15) is 0 Å². The van der Waals surface area contributed by atoms with Crippen molar-refractivity contribution in [1.82, 2.24) is 0 Å². The van der Waals surface area contributed by atoms with Crippen LogP contribution in [-0.4, -0.2) is 101 Å². The SMILES string of the molecule is CCC[C@@]1(C)C[C@@H](C)[C@H](O)[C@@H]1O.CCC[C@@]1(C2CC2)C[C@@H](C)[C@H](O)[C@@H]1O.CCC[C@@]1(C2CCC2)C[C@@H](C)[C@H](O)[C@@H]1O.CCC[C@@]1(CCO)C[C@@H](C)[C@H](O)[C@@H]1O. The first-order valence-corrected chi connectivity index (χ1v) is 22.9. The summed E-state index contributed by atoms with van der Waals surface area (Å²) in [5, 5.41) is 88.3. The van der Waals surface area contributed by atoms with Gasteiger partial charge in [0.1, 0.15) is 0 Å². The van der Waals surface area contributed by atoms with Crippen molar-refractivity contribution in [2.45, 2.75) is 227 Å². The molecule has 9 N–H and O–H groups in total. The number of aliphatic hydroxyl groups excluding tert-OH is 9. The largest absolute Gasteiger partial charge is 0.396 e. The molecule has 6 aliphatic carbocycles. The van der Waals surface area contributed by atoms with Crippen molar-refractivity contribution in [1.29, 1.82) is 0 Å². The highest BCUT2D eigenvalue weighted by molar-refractivity contribution is 5.07. The molecule has 9 nitrogen and oxygen atoms in total. The Labute approximate surface area is 335 Å². The number of hydrogen-bond donors (Lipinski definition) is 9. The zero-order chi connectivity index (χ0) is 41.5. The van der Waals surface area contributed by atoms with Crippen LogP contribution in [-0.2, 0) is 0 Å². The van der Waals surface area contributed by atoms with E-state index in [1.807, 2.05) is 13.8 Å². The molecule has 0 heterocycles. The number of rotatable bonds is 12. The first kappa shape index (κ1) is 49.0. The number of aliphatic hydroxyl groups is 9. The predicted octanol–water partition coefficient (Wildman–Crippen LogP) is 6.75. The Morgan fingerprint density at radius 2 is 0.818 bits per heavy atom. The lowest BCUT2D eigenvalue weighted by molar-refractivity contribution is -0.0738. The van der Waals surface area contributed by atoms with Crippen molar-refractivity contribution in [3.63, 3.8) is 0 Å². The normalized spacial score (nSPS) is 46.6. The van der Waals surface area contributed by atoms with Crippen molar-refractivity contribution in [3.8, 4) is 0 Å². The standard InChI is InChI=1S/C13H24O2.C12H22O2.C11H22O3.C10H20O2/c1-3-7-13(10-5-4-6-10)8-9(2)11(14)12(13)15;1-3-6-12(9-4-5-9)7-8(2)10(13)11(12)14;1-3-4-11(5-6-12)7-8(2)9(13)10(11)14;1-4-5-10(3)6-7(2)8(11)9(10)12/h9-12,14-15H,3-8H2,1-2H3;8-11,13-14H,3-7H2,1-2H3;8-10,12-14H,3-7H2,1-2H3;7-9,11-12H,4-6H2,1-3H3/t9-,11+,12+,13+;8-,10+,11+,12+;8-,9+,10+,11-;7-,8+,9+,10+/m1111/s1. The molecule has 0 unspecified atom stereocenters. The summed E-state index contributed by atoms with van der Waals surface area (Å²) < 4.78 is 0. The van der Waals surface area contributed by atoms with Crippen LogP contribution in [0.25, 0.3) is 0 Å². The van der Waals surface area contributed by atoms with Gasteiger partial charge in [-0.15, -0.1) is 0 Å². The first-order valence-electron chi connectivity index (χ1n) is 22.9. The van der Waals surface area contributed by atoms with E-state index in [0.29, 0.717) is 18.3 Å². The quantitative estimate of drug-likeness (QED) is 0.103. The third-order valence-corrected chi connectivity index (χ3v) is 16.0. The highest BCUT2D eigenvalue weighted by Crippen LogP contribution is 2.59. The lowest BCUT2D eigenvalue weighted by atomic mass is 9.61. The minimum atomic E-state index is -0.662. The number of hydrogen-bond acceptors (Lipinski definition) is 9. The van der Waals surface area contributed by atoms with Crippen molar-refractivity contribution < 1.29 is 46.0 Å².